The molecule has 22 heavy (non-hydrogen) atoms. The molecule has 3 rings (SSSR count). The second-order valence-corrected chi connectivity index (χ2v) is 4.96. The molecule has 0 bridgehead atoms. The lowest BCUT2D eigenvalue weighted by atomic mass is 10.2. The Morgan fingerprint density at radius 3 is 2.82 bits per heavy atom. The Morgan fingerprint density at radius 2 is 2.09 bits per heavy atom. The fourth-order valence-electron chi connectivity index (χ4n) is 2.00. The van der Waals surface area contributed by atoms with E-state index in [0.717, 1.165) is 5.56 Å². The molecule has 0 aliphatic heterocycles. The predicted octanol–water partition coefficient (Wildman–Crippen LogP) is 4.26. The normalized spacial score (nSPS) is 10.6. The lowest BCUT2D eigenvalue weighted by molar-refractivity contribution is 0.0944. The molecule has 0 spiro atoms. The van der Waals surface area contributed by atoms with Gasteiger partial charge >= 0.3 is 0 Å². The molecule has 1 amide bonds. The Kier molecular flexibility index (Phi) is 3.98. The van der Waals surface area contributed by atoms with E-state index in [2.05, 4.69) is 5.32 Å². The summed E-state index contributed by atoms with van der Waals surface area (Å²) in [5.41, 5.74) is 0.625. The summed E-state index contributed by atoms with van der Waals surface area (Å²) in [4.78, 5) is 12.0. The summed E-state index contributed by atoms with van der Waals surface area (Å²) in [6.45, 7) is 0.126. The maximum absolute atomic E-state index is 13.6. The Labute approximate surface area is 130 Å². The Morgan fingerprint density at radius 1 is 1.23 bits per heavy atom. The van der Waals surface area contributed by atoms with Crippen LogP contribution in [0.25, 0.3) is 11.3 Å². The zero-order valence-corrected chi connectivity index (χ0v) is 12.1. The minimum absolute atomic E-state index is 0.0658. The van der Waals surface area contributed by atoms with Gasteiger partial charge < -0.3 is 14.2 Å². The highest BCUT2D eigenvalue weighted by atomic mass is 35.5. The first-order chi connectivity index (χ1) is 10.6. The van der Waals surface area contributed by atoms with Crippen LogP contribution in [0.15, 0.2) is 57.8 Å². The molecule has 3 aromatic rings. The fraction of sp³-hybridized carbons (Fsp3) is 0.0625. The molecule has 0 saturated heterocycles. The van der Waals surface area contributed by atoms with Crippen LogP contribution in [0.4, 0.5) is 4.39 Å². The number of hydrogen-bond donors (Lipinski definition) is 1. The zero-order chi connectivity index (χ0) is 15.5. The van der Waals surface area contributed by atoms with Gasteiger partial charge in [0, 0.05) is 0 Å². The molecule has 0 atom stereocenters. The van der Waals surface area contributed by atoms with Gasteiger partial charge in [0.05, 0.1) is 29.0 Å². The van der Waals surface area contributed by atoms with Crippen LogP contribution in [-0.2, 0) is 6.54 Å². The summed E-state index contributed by atoms with van der Waals surface area (Å²) in [6, 6.07) is 9.35. The number of amides is 1. The summed E-state index contributed by atoms with van der Waals surface area (Å²) in [5.74, 6) is -0.0909. The van der Waals surface area contributed by atoms with Gasteiger partial charge in [-0.2, -0.15) is 0 Å². The molecule has 6 heteroatoms. The van der Waals surface area contributed by atoms with Crippen LogP contribution in [-0.4, -0.2) is 5.91 Å². The summed E-state index contributed by atoms with van der Waals surface area (Å²) in [5, 5.41) is 2.64. The van der Waals surface area contributed by atoms with Crippen molar-refractivity contribution in [3.05, 3.63) is 71.1 Å². The van der Waals surface area contributed by atoms with E-state index in [1.807, 2.05) is 0 Å². The van der Waals surface area contributed by atoms with E-state index < -0.39 is 11.7 Å². The largest absolute Gasteiger partial charge is 0.472 e. The third kappa shape index (κ3) is 2.89. The third-order valence-electron chi connectivity index (χ3n) is 3.08. The predicted molar refractivity (Wildman–Crippen MR) is 79.0 cm³/mol. The van der Waals surface area contributed by atoms with Gasteiger partial charge in [-0.3, -0.25) is 4.79 Å². The van der Waals surface area contributed by atoms with Crippen LogP contribution in [0, 0.1) is 5.82 Å². The molecule has 0 saturated carbocycles. The van der Waals surface area contributed by atoms with Gasteiger partial charge in [0.25, 0.3) is 5.91 Å². The molecule has 112 valence electrons. The third-order valence-corrected chi connectivity index (χ3v) is 3.40. The fourth-order valence-corrected chi connectivity index (χ4v) is 2.25. The average molecular weight is 320 g/mol. The molecule has 1 N–H and O–H groups in total. The molecule has 0 radical (unpaired) electrons. The van der Waals surface area contributed by atoms with Gasteiger partial charge in [0.2, 0.25) is 0 Å². The van der Waals surface area contributed by atoms with Gasteiger partial charge in [0.1, 0.15) is 23.6 Å². The van der Waals surface area contributed by atoms with Gasteiger partial charge in [-0.05, 0) is 30.3 Å². The number of carbonyl (C=O) groups is 1. The van der Waals surface area contributed by atoms with Crippen LogP contribution >= 0.6 is 11.6 Å². The second-order valence-electron chi connectivity index (χ2n) is 4.56. The van der Waals surface area contributed by atoms with E-state index >= 15 is 0 Å². The molecule has 2 heterocycles. The topological polar surface area (TPSA) is 55.4 Å². The minimum atomic E-state index is -0.663. The van der Waals surface area contributed by atoms with Crippen LogP contribution in [0.5, 0.6) is 0 Å². The van der Waals surface area contributed by atoms with Crippen LogP contribution in [0.3, 0.4) is 0 Å². The monoisotopic (exact) mass is 319 g/mol. The minimum Gasteiger partial charge on any atom is -0.472 e. The first-order valence-corrected chi connectivity index (χ1v) is 6.86. The van der Waals surface area contributed by atoms with Crippen LogP contribution in [0.1, 0.15) is 16.1 Å². The van der Waals surface area contributed by atoms with E-state index in [9.17, 15) is 9.18 Å². The number of furan rings is 2. The molecular formula is C16H11ClFNO3. The number of rotatable bonds is 4. The molecule has 0 unspecified atom stereocenters. The Hall–Kier alpha value is -2.53. The van der Waals surface area contributed by atoms with Crippen molar-refractivity contribution in [1.29, 1.82) is 0 Å². The highest BCUT2D eigenvalue weighted by Gasteiger charge is 2.16. The summed E-state index contributed by atoms with van der Waals surface area (Å²) >= 11 is 5.84. The van der Waals surface area contributed by atoms with Crippen molar-refractivity contribution in [1.82, 2.24) is 5.32 Å². The lowest BCUT2D eigenvalue weighted by Gasteiger charge is -2.06. The molecule has 4 nitrogen and oxygen atoms in total. The summed E-state index contributed by atoms with van der Waals surface area (Å²) in [6.07, 6.45) is 3.10. The average Bonchev–Trinajstić information content (AvgIpc) is 3.16. The number of halogens is 2. The molecule has 2 aromatic heterocycles. The van der Waals surface area contributed by atoms with E-state index in [1.54, 1.807) is 30.7 Å². The van der Waals surface area contributed by atoms with Crippen molar-refractivity contribution in [3.8, 4) is 11.3 Å². The Bertz CT molecular complexity index is 775. The van der Waals surface area contributed by atoms with E-state index in [-0.39, 0.29) is 17.1 Å². The molecular weight excluding hydrogens is 309 g/mol. The molecule has 0 aliphatic carbocycles. The number of hydrogen-bond acceptors (Lipinski definition) is 3. The van der Waals surface area contributed by atoms with Crippen LogP contribution in [0.2, 0.25) is 5.02 Å². The van der Waals surface area contributed by atoms with Crippen molar-refractivity contribution < 1.29 is 18.0 Å². The second kappa shape index (κ2) is 6.07. The summed E-state index contributed by atoms with van der Waals surface area (Å²) in [7, 11) is 0. The number of carbonyl (C=O) groups excluding carboxylic acids is 1. The smallest absolute Gasteiger partial charge is 0.256 e. The van der Waals surface area contributed by atoms with Gasteiger partial charge in [-0.15, -0.1) is 0 Å². The van der Waals surface area contributed by atoms with Crippen molar-refractivity contribution >= 4 is 17.5 Å². The SMILES string of the molecule is O=C(NCc1ccc(-c2ccoc2)o1)c1c(F)cccc1Cl. The van der Waals surface area contributed by atoms with Crippen molar-refractivity contribution in [2.24, 2.45) is 0 Å². The standard InChI is InChI=1S/C16H11ClFNO3/c17-12-2-1-3-13(18)15(12)16(20)19-8-11-4-5-14(22-11)10-6-7-21-9-10/h1-7,9H,8H2,(H,19,20). The first-order valence-electron chi connectivity index (χ1n) is 6.48. The van der Waals surface area contributed by atoms with Crippen LogP contribution < -0.4 is 5.32 Å². The highest BCUT2D eigenvalue weighted by molar-refractivity contribution is 6.33. The highest BCUT2D eigenvalue weighted by Crippen LogP contribution is 2.23. The number of nitrogens with one attached hydrogen (secondary N) is 1. The molecule has 0 aliphatic rings. The summed E-state index contributed by atoms with van der Waals surface area (Å²) < 4.78 is 24.2. The number of benzene rings is 1. The van der Waals surface area contributed by atoms with E-state index in [0.29, 0.717) is 11.5 Å². The molecule has 0 fully saturated rings. The van der Waals surface area contributed by atoms with Gasteiger partial charge in [-0.25, -0.2) is 4.39 Å². The van der Waals surface area contributed by atoms with Crippen molar-refractivity contribution in [3.63, 3.8) is 0 Å². The first kappa shape index (κ1) is 14.4. The van der Waals surface area contributed by atoms with Gasteiger partial charge in [0.15, 0.2) is 0 Å². The van der Waals surface area contributed by atoms with Crippen molar-refractivity contribution in [2.75, 3.05) is 0 Å². The molecule has 1 aromatic carbocycles. The Balaban J connectivity index is 1.69. The quantitative estimate of drug-likeness (QED) is 0.781. The van der Waals surface area contributed by atoms with E-state index in [4.69, 9.17) is 20.4 Å². The maximum atomic E-state index is 13.6. The maximum Gasteiger partial charge on any atom is 0.256 e. The van der Waals surface area contributed by atoms with Gasteiger partial charge in [-0.1, -0.05) is 17.7 Å². The lowest BCUT2D eigenvalue weighted by Crippen LogP contribution is -2.24. The zero-order valence-electron chi connectivity index (χ0n) is 11.3. The van der Waals surface area contributed by atoms with Crippen molar-refractivity contribution in [2.45, 2.75) is 6.54 Å². The van der Waals surface area contributed by atoms with E-state index in [1.165, 1.54) is 18.2 Å².